The average molecular weight is 379 g/mol. The first-order valence-electron chi connectivity index (χ1n) is 9.14. The van der Waals surface area contributed by atoms with Crippen molar-refractivity contribution in [2.45, 2.75) is 19.8 Å². The maximum atomic E-state index is 12.7. The molecule has 6 nitrogen and oxygen atoms in total. The van der Waals surface area contributed by atoms with E-state index in [0.717, 1.165) is 25.2 Å². The lowest BCUT2D eigenvalue weighted by molar-refractivity contribution is 0.0957. The summed E-state index contributed by atoms with van der Waals surface area (Å²) in [5.41, 5.74) is 3.46. The molecular formula is C20H21N5OS. The quantitative estimate of drug-likeness (QED) is 0.713. The molecule has 4 rings (SSSR count). The third-order valence-electron chi connectivity index (χ3n) is 4.65. The second-order valence-corrected chi connectivity index (χ2v) is 7.34. The van der Waals surface area contributed by atoms with Gasteiger partial charge in [0, 0.05) is 37.7 Å². The monoisotopic (exact) mass is 379 g/mol. The molecule has 0 spiro atoms. The molecule has 0 aliphatic carbocycles. The zero-order valence-electron chi connectivity index (χ0n) is 15.2. The minimum Gasteiger partial charge on any atom is -0.369 e. The highest BCUT2D eigenvalue weighted by atomic mass is 32.1. The molecule has 0 bridgehead atoms. The molecule has 1 aliphatic heterocycles. The highest BCUT2D eigenvalue weighted by molar-refractivity contribution is 7.17. The molecule has 27 heavy (non-hydrogen) atoms. The Kier molecular flexibility index (Phi) is 5.11. The number of amides is 1. The summed E-state index contributed by atoms with van der Waals surface area (Å²) in [5.74, 6) is 0.490. The van der Waals surface area contributed by atoms with Crippen molar-refractivity contribution in [3.63, 3.8) is 0 Å². The molecule has 1 aliphatic rings. The molecule has 0 atom stereocenters. The van der Waals surface area contributed by atoms with Gasteiger partial charge in [0.1, 0.15) is 4.88 Å². The minimum atomic E-state index is -0.0704. The van der Waals surface area contributed by atoms with Gasteiger partial charge in [-0.1, -0.05) is 25.1 Å². The summed E-state index contributed by atoms with van der Waals surface area (Å²) in [6, 6.07) is 10.2. The summed E-state index contributed by atoms with van der Waals surface area (Å²) in [7, 11) is 0. The van der Waals surface area contributed by atoms with Gasteiger partial charge in [0.25, 0.3) is 5.91 Å². The van der Waals surface area contributed by atoms with E-state index in [1.165, 1.54) is 22.6 Å². The maximum Gasteiger partial charge on any atom is 0.263 e. The summed E-state index contributed by atoms with van der Waals surface area (Å²) in [4.78, 5) is 28.7. The van der Waals surface area contributed by atoms with Crippen LogP contribution in [0.5, 0.6) is 0 Å². The number of thiazole rings is 1. The zero-order valence-corrected chi connectivity index (χ0v) is 16.0. The first-order valence-corrected chi connectivity index (χ1v) is 9.96. The van der Waals surface area contributed by atoms with Gasteiger partial charge in [-0.2, -0.15) is 0 Å². The number of hydrogen-bond acceptors (Lipinski definition) is 6. The Morgan fingerprint density at radius 3 is 2.85 bits per heavy atom. The average Bonchev–Trinajstić information content (AvgIpc) is 3.33. The molecule has 2 aromatic heterocycles. The van der Waals surface area contributed by atoms with Crippen molar-refractivity contribution in [2.75, 3.05) is 24.5 Å². The van der Waals surface area contributed by atoms with Crippen LogP contribution in [0.25, 0.3) is 10.8 Å². The summed E-state index contributed by atoms with van der Waals surface area (Å²) >= 11 is 1.35. The van der Waals surface area contributed by atoms with Crippen LogP contribution in [-0.4, -0.2) is 40.5 Å². The van der Waals surface area contributed by atoms with E-state index in [1.807, 2.05) is 6.92 Å². The molecule has 1 aromatic carbocycles. The van der Waals surface area contributed by atoms with Gasteiger partial charge in [-0.05, 0) is 30.5 Å². The predicted octanol–water partition coefficient (Wildman–Crippen LogP) is 2.96. The van der Waals surface area contributed by atoms with Gasteiger partial charge in [-0.3, -0.25) is 4.79 Å². The Hall–Kier alpha value is -2.80. The topological polar surface area (TPSA) is 71.0 Å². The molecule has 0 saturated heterocycles. The van der Waals surface area contributed by atoms with E-state index in [9.17, 15) is 4.79 Å². The summed E-state index contributed by atoms with van der Waals surface area (Å²) in [6.45, 7) is 4.41. The summed E-state index contributed by atoms with van der Waals surface area (Å²) < 4.78 is 0. The summed E-state index contributed by atoms with van der Waals surface area (Å²) in [5, 5.41) is 3.73. The molecule has 138 valence electrons. The van der Waals surface area contributed by atoms with Crippen LogP contribution >= 0.6 is 11.3 Å². The van der Waals surface area contributed by atoms with Crippen molar-refractivity contribution in [1.82, 2.24) is 20.3 Å². The molecule has 1 amide bonds. The van der Waals surface area contributed by atoms with Gasteiger partial charge in [0.2, 0.25) is 0 Å². The van der Waals surface area contributed by atoms with Gasteiger partial charge in [-0.25, -0.2) is 15.0 Å². The lowest BCUT2D eigenvalue weighted by atomic mass is 10.2. The highest BCUT2D eigenvalue weighted by Crippen LogP contribution is 2.27. The van der Waals surface area contributed by atoms with Crippen LogP contribution in [0.3, 0.4) is 0 Å². The van der Waals surface area contributed by atoms with E-state index in [0.29, 0.717) is 28.7 Å². The van der Waals surface area contributed by atoms with Gasteiger partial charge in [0.15, 0.2) is 10.8 Å². The molecular weight excluding hydrogens is 358 g/mol. The molecule has 3 aromatic rings. The smallest absolute Gasteiger partial charge is 0.263 e. The second kappa shape index (κ2) is 7.84. The highest BCUT2D eigenvalue weighted by Gasteiger charge is 2.20. The van der Waals surface area contributed by atoms with Crippen molar-refractivity contribution in [3.8, 4) is 10.8 Å². The molecule has 3 heterocycles. The van der Waals surface area contributed by atoms with Crippen molar-refractivity contribution in [3.05, 3.63) is 58.9 Å². The first-order chi connectivity index (χ1) is 13.3. The SMILES string of the molecule is CCc1nc(-c2ncccn2)sc1C(=O)NCCN1CCc2ccccc21. The second-order valence-electron chi connectivity index (χ2n) is 6.34. The third-order valence-corrected chi connectivity index (χ3v) is 5.74. The first kappa shape index (κ1) is 17.6. The number of aryl methyl sites for hydroxylation is 1. The van der Waals surface area contributed by atoms with Crippen LogP contribution in [0.4, 0.5) is 5.69 Å². The largest absolute Gasteiger partial charge is 0.369 e. The number of benzene rings is 1. The standard InChI is InChI=1S/C20H21N5OS/c1-2-15-17(27-20(24-15)18-21-9-5-10-22-18)19(26)23-11-13-25-12-8-14-6-3-4-7-16(14)25/h3-7,9-10H,2,8,11-13H2,1H3,(H,23,26). The van der Waals surface area contributed by atoms with Crippen LogP contribution in [0.1, 0.15) is 27.9 Å². The molecule has 0 saturated carbocycles. The van der Waals surface area contributed by atoms with Crippen LogP contribution < -0.4 is 10.2 Å². The van der Waals surface area contributed by atoms with Gasteiger partial charge in [-0.15, -0.1) is 11.3 Å². The number of carbonyl (C=O) groups excluding carboxylic acids is 1. The number of para-hydroxylation sites is 1. The maximum absolute atomic E-state index is 12.7. The zero-order chi connectivity index (χ0) is 18.6. The number of carbonyl (C=O) groups is 1. The van der Waals surface area contributed by atoms with Crippen molar-refractivity contribution >= 4 is 22.9 Å². The van der Waals surface area contributed by atoms with E-state index < -0.39 is 0 Å². The normalized spacial score (nSPS) is 12.9. The Bertz CT molecular complexity index is 941. The van der Waals surface area contributed by atoms with E-state index in [4.69, 9.17) is 0 Å². The number of anilines is 1. The van der Waals surface area contributed by atoms with E-state index >= 15 is 0 Å². The van der Waals surface area contributed by atoms with E-state index in [-0.39, 0.29) is 5.91 Å². The van der Waals surface area contributed by atoms with Crippen LogP contribution in [0.2, 0.25) is 0 Å². The fraction of sp³-hybridized carbons (Fsp3) is 0.300. The number of rotatable bonds is 6. The molecule has 0 unspecified atom stereocenters. The fourth-order valence-electron chi connectivity index (χ4n) is 3.30. The Labute approximate surface area is 162 Å². The predicted molar refractivity (Wildman–Crippen MR) is 107 cm³/mol. The summed E-state index contributed by atoms with van der Waals surface area (Å²) in [6.07, 6.45) is 5.14. The van der Waals surface area contributed by atoms with Crippen LogP contribution in [-0.2, 0) is 12.8 Å². The fourth-order valence-corrected chi connectivity index (χ4v) is 4.32. The van der Waals surface area contributed by atoms with Gasteiger partial charge >= 0.3 is 0 Å². The van der Waals surface area contributed by atoms with Gasteiger partial charge < -0.3 is 10.2 Å². The van der Waals surface area contributed by atoms with Crippen molar-refractivity contribution in [1.29, 1.82) is 0 Å². The molecule has 0 radical (unpaired) electrons. The molecule has 0 fully saturated rings. The Morgan fingerprint density at radius 2 is 2.04 bits per heavy atom. The number of nitrogens with zero attached hydrogens (tertiary/aromatic N) is 4. The number of aromatic nitrogens is 3. The number of fused-ring (bicyclic) bond motifs is 1. The molecule has 1 N–H and O–H groups in total. The molecule has 7 heteroatoms. The van der Waals surface area contributed by atoms with Crippen LogP contribution in [0.15, 0.2) is 42.7 Å². The minimum absolute atomic E-state index is 0.0704. The number of nitrogens with one attached hydrogen (secondary N) is 1. The lowest BCUT2D eigenvalue weighted by Gasteiger charge is -2.19. The van der Waals surface area contributed by atoms with E-state index in [2.05, 4.69) is 49.4 Å². The van der Waals surface area contributed by atoms with Crippen LogP contribution in [0, 0.1) is 0 Å². The van der Waals surface area contributed by atoms with Crippen molar-refractivity contribution < 1.29 is 4.79 Å². The van der Waals surface area contributed by atoms with Crippen molar-refractivity contribution in [2.24, 2.45) is 0 Å². The Balaban J connectivity index is 1.41. The number of hydrogen-bond donors (Lipinski definition) is 1. The van der Waals surface area contributed by atoms with Gasteiger partial charge in [0.05, 0.1) is 5.69 Å². The Morgan fingerprint density at radius 1 is 1.22 bits per heavy atom. The lowest BCUT2D eigenvalue weighted by Crippen LogP contribution is -2.34. The van der Waals surface area contributed by atoms with E-state index in [1.54, 1.807) is 18.5 Å². The third kappa shape index (κ3) is 3.68.